The number of hydrogen-bond donors (Lipinski definition) is 1. The number of carbonyl (C=O) groups excluding carboxylic acids is 2. The number of carbonyl (C=O) groups is 2. The zero-order valence-electron chi connectivity index (χ0n) is 14.6. The topological polar surface area (TPSA) is 78.6 Å². The Kier molecular flexibility index (Phi) is 5.84. The molecule has 3 rings (SSSR count). The first-order chi connectivity index (χ1) is 13.1. The summed E-state index contributed by atoms with van der Waals surface area (Å²) in [7, 11) is 0. The van der Waals surface area contributed by atoms with Gasteiger partial charge in [-0.2, -0.15) is 0 Å². The van der Waals surface area contributed by atoms with Gasteiger partial charge in [0.1, 0.15) is 12.4 Å². The van der Waals surface area contributed by atoms with Crippen LogP contribution in [0.3, 0.4) is 0 Å². The molecule has 136 valence electrons. The predicted molar refractivity (Wildman–Crippen MR) is 101 cm³/mol. The molecule has 0 fully saturated rings. The second-order valence-electron chi connectivity index (χ2n) is 5.86. The smallest absolute Gasteiger partial charge is 0.339 e. The Bertz CT molecular complexity index is 910. The van der Waals surface area contributed by atoms with Gasteiger partial charge in [0, 0.05) is 11.1 Å². The summed E-state index contributed by atoms with van der Waals surface area (Å²) in [6.45, 7) is 0.196. The van der Waals surface area contributed by atoms with Gasteiger partial charge in [0.2, 0.25) is 6.10 Å². The molecule has 5 nitrogen and oxygen atoms in total. The van der Waals surface area contributed by atoms with Crippen molar-refractivity contribution in [1.82, 2.24) is 0 Å². The van der Waals surface area contributed by atoms with Crippen molar-refractivity contribution in [2.75, 3.05) is 0 Å². The minimum absolute atomic E-state index is 0.196. The highest BCUT2D eigenvalue weighted by Crippen LogP contribution is 2.21. The standard InChI is InChI=1S/C22H19NO4/c23-21(24)20(16-9-3-1-4-10-16)27-22(25)19-14-8-7-11-17(19)15-26-18-12-5-2-6-13-18/h1-14,20H,15H2,(H2,23,24)/t20-/m1/s1. The van der Waals surface area contributed by atoms with Crippen LogP contribution in [0.15, 0.2) is 84.9 Å². The molecule has 0 heterocycles. The Morgan fingerprint density at radius 1 is 0.815 bits per heavy atom. The highest BCUT2D eigenvalue weighted by atomic mass is 16.5. The van der Waals surface area contributed by atoms with Gasteiger partial charge >= 0.3 is 5.97 Å². The molecule has 0 spiro atoms. The fourth-order valence-corrected chi connectivity index (χ4v) is 2.61. The highest BCUT2D eigenvalue weighted by Gasteiger charge is 2.24. The zero-order valence-corrected chi connectivity index (χ0v) is 14.6. The van der Waals surface area contributed by atoms with E-state index in [0.717, 1.165) is 0 Å². The third kappa shape index (κ3) is 4.73. The minimum atomic E-state index is -1.15. The van der Waals surface area contributed by atoms with E-state index >= 15 is 0 Å². The van der Waals surface area contributed by atoms with E-state index < -0.39 is 18.0 Å². The van der Waals surface area contributed by atoms with E-state index in [0.29, 0.717) is 22.4 Å². The van der Waals surface area contributed by atoms with Gasteiger partial charge in [-0.15, -0.1) is 0 Å². The van der Waals surface area contributed by atoms with E-state index in [2.05, 4.69) is 0 Å². The van der Waals surface area contributed by atoms with Gasteiger partial charge in [-0.1, -0.05) is 66.7 Å². The molecule has 0 aliphatic carbocycles. The summed E-state index contributed by atoms with van der Waals surface area (Å²) in [5.74, 6) is -0.664. The Morgan fingerprint density at radius 3 is 2.07 bits per heavy atom. The van der Waals surface area contributed by atoms with Crippen LogP contribution in [0.1, 0.15) is 27.6 Å². The van der Waals surface area contributed by atoms with Crippen LogP contribution >= 0.6 is 0 Å². The fourth-order valence-electron chi connectivity index (χ4n) is 2.61. The Balaban J connectivity index is 1.77. The van der Waals surface area contributed by atoms with E-state index in [1.165, 1.54) is 0 Å². The molecule has 0 saturated heterocycles. The van der Waals surface area contributed by atoms with E-state index in [1.807, 2.05) is 36.4 Å². The number of primary amides is 1. The maximum absolute atomic E-state index is 12.7. The van der Waals surface area contributed by atoms with Crippen molar-refractivity contribution in [2.24, 2.45) is 5.73 Å². The van der Waals surface area contributed by atoms with Gasteiger partial charge in [-0.3, -0.25) is 4.79 Å². The predicted octanol–water partition coefficient (Wildman–Crippen LogP) is 3.65. The lowest BCUT2D eigenvalue weighted by atomic mass is 10.1. The minimum Gasteiger partial charge on any atom is -0.489 e. The van der Waals surface area contributed by atoms with E-state index in [-0.39, 0.29) is 6.61 Å². The zero-order chi connectivity index (χ0) is 19.1. The van der Waals surface area contributed by atoms with Gasteiger partial charge in [0.25, 0.3) is 5.91 Å². The maximum atomic E-state index is 12.7. The molecule has 2 N–H and O–H groups in total. The average Bonchev–Trinajstić information content (AvgIpc) is 2.71. The van der Waals surface area contributed by atoms with E-state index in [4.69, 9.17) is 15.2 Å². The molecule has 0 aromatic heterocycles. The van der Waals surface area contributed by atoms with Gasteiger partial charge in [-0.25, -0.2) is 4.79 Å². The Hall–Kier alpha value is -3.60. The fraction of sp³-hybridized carbons (Fsp3) is 0.0909. The lowest BCUT2D eigenvalue weighted by Gasteiger charge is -2.16. The largest absolute Gasteiger partial charge is 0.489 e. The first-order valence-electron chi connectivity index (χ1n) is 8.46. The number of rotatable bonds is 7. The van der Waals surface area contributed by atoms with Crippen LogP contribution in [0.4, 0.5) is 0 Å². The first-order valence-corrected chi connectivity index (χ1v) is 8.46. The second-order valence-corrected chi connectivity index (χ2v) is 5.86. The van der Waals surface area contributed by atoms with Crippen LogP contribution in [-0.4, -0.2) is 11.9 Å². The number of benzene rings is 3. The molecule has 3 aromatic rings. The van der Waals surface area contributed by atoms with Crippen molar-refractivity contribution in [2.45, 2.75) is 12.7 Å². The molecule has 0 aliphatic rings. The SMILES string of the molecule is NC(=O)[C@H](OC(=O)c1ccccc1COc1ccccc1)c1ccccc1. The van der Waals surface area contributed by atoms with Gasteiger partial charge in [0.05, 0.1) is 5.56 Å². The number of hydrogen-bond acceptors (Lipinski definition) is 4. The van der Waals surface area contributed by atoms with Crippen molar-refractivity contribution >= 4 is 11.9 Å². The van der Waals surface area contributed by atoms with Crippen LogP contribution in [0.5, 0.6) is 5.75 Å². The summed E-state index contributed by atoms with van der Waals surface area (Å²) in [5, 5.41) is 0. The van der Waals surface area contributed by atoms with Crippen molar-refractivity contribution in [3.05, 3.63) is 102 Å². The van der Waals surface area contributed by atoms with Gasteiger partial charge < -0.3 is 15.2 Å². The molecular formula is C22H19NO4. The van der Waals surface area contributed by atoms with Crippen LogP contribution in [0.2, 0.25) is 0 Å². The van der Waals surface area contributed by atoms with Crippen molar-refractivity contribution in [3.8, 4) is 5.75 Å². The number of amides is 1. The lowest BCUT2D eigenvalue weighted by Crippen LogP contribution is -2.26. The van der Waals surface area contributed by atoms with Crippen LogP contribution < -0.4 is 10.5 Å². The number of nitrogens with two attached hydrogens (primary N) is 1. The van der Waals surface area contributed by atoms with Gasteiger partial charge in [-0.05, 0) is 18.2 Å². The van der Waals surface area contributed by atoms with E-state index in [9.17, 15) is 9.59 Å². The molecule has 3 aromatic carbocycles. The lowest BCUT2D eigenvalue weighted by molar-refractivity contribution is -0.127. The second kappa shape index (κ2) is 8.67. The molecule has 0 bridgehead atoms. The van der Waals surface area contributed by atoms with Crippen LogP contribution in [0.25, 0.3) is 0 Å². The summed E-state index contributed by atoms with van der Waals surface area (Å²) in [6.07, 6.45) is -1.15. The average molecular weight is 361 g/mol. The number of esters is 1. The summed E-state index contributed by atoms with van der Waals surface area (Å²) < 4.78 is 11.1. The third-order valence-corrected chi connectivity index (χ3v) is 3.96. The summed E-state index contributed by atoms with van der Waals surface area (Å²) >= 11 is 0. The molecule has 0 radical (unpaired) electrons. The van der Waals surface area contributed by atoms with Crippen LogP contribution in [-0.2, 0) is 16.1 Å². The summed E-state index contributed by atoms with van der Waals surface area (Å²) in [4.78, 5) is 24.5. The molecule has 0 aliphatic heterocycles. The molecule has 27 heavy (non-hydrogen) atoms. The Morgan fingerprint density at radius 2 is 1.41 bits per heavy atom. The quantitative estimate of drug-likeness (QED) is 0.652. The normalized spacial score (nSPS) is 11.4. The Labute approximate surface area is 157 Å². The highest BCUT2D eigenvalue weighted by molar-refractivity contribution is 5.93. The monoisotopic (exact) mass is 361 g/mol. The summed E-state index contributed by atoms with van der Waals surface area (Å²) in [6, 6.07) is 24.9. The van der Waals surface area contributed by atoms with Crippen molar-refractivity contribution < 1.29 is 19.1 Å². The molecule has 1 amide bonds. The van der Waals surface area contributed by atoms with Gasteiger partial charge in [0.15, 0.2) is 0 Å². The molecule has 1 atom stereocenters. The van der Waals surface area contributed by atoms with E-state index in [1.54, 1.807) is 48.5 Å². The number of ether oxygens (including phenoxy) is 2. The summed E-state index contributed by atoms with van der Waals surface area (Å²) in [5.41, 5.74) is 6.94. The van der Waals surface area contributed by atoms with Crippen molar-refractivity contribution in [3.63, 3.8) is 0 Å². The van der Waals surface area contributed by atoms with Crippen molar-refractivity contribution in [1.29, 1.82) is 0 Å². The van der Waals surface area contributed by atoms with Crippen LogP contribution in [0, 0.1) is 0 Å². The molecular weight excluding hydrogens is 342 g/mol. The first kappa shape index (κ1) is 18.2. The molecule has 0 unspecified atom stereocenters. The molecule has 5 heteroatoms. The number of para-hydroxylation sites is 1. The maximum Gasteiger partial charge on any atom is 0.339 e. The third-order valence-electron chi connectivity index (χ3n) is 3.96. The molecule has 0 saturated carbocycles.